The molecule has 0 rings (SSSR count). The topological polar surface area (TPSA) is 47.9 Å². The monoisotopic (exact) mass is 416 g/mol. The predicted octanol–water partition coefficient (Wildman–Crippen LogP) is 4.08. The van der Waals surface area contributed by atoms with Crippen molar-refractivity contribution in [2.24, 2.45) is 0 Å². The maximum Gasteiger partial charge on any atom is 0.451 e. The molecule has 0 saturated carbocycles. The second-order valence-electron chi connectivity index (χ2n) is 7.14. The molecule has 0 unspecified atom stereocenters. The summed E-state index contributed by atoms with van der Waals surface area (Å²) in [4.78, 5) is 9.80. The van der Waals surface area contributed by atoms with E-state index in [0.717, 1.165) is 13.1 Å². The Morgan fingerprint density at radius 3 is 1.30 bits per heavy atom. The van der Waals surface area contributed by atoms with Crippen LogP contribution in [-0.2, 0) is 12.3 Å². The second kappa shape index (κ2) is 6.58. The molecule has 0 aromatic heterocycles. The summed E-state index contributed by atoms with van der Waals surface area (Å²) in [6, 6.07) is 0. The molecule has 0 aliphatic heterocycles. The fourth-order valence-electron chi connectivity index (χ4n) is 2.26. The van der Waals surface area contributed by atoms with Gasteiger partial charge in [-0.2, -0.15) is 22.0 Å². The smallest absolute Gasteiger partial charge is 0.431 e. The lowest BCUT2D eigenvalue weighted by Crippen LogP contribution is -2.65. The lowest BCUT2D eigenvalue weighted by atomic mass is 10.7. The highest BCUT2D eigenvalue weighted by Crippen LogP contribution is 2.44. The molecule has 0 saturated heterocycles. The van der Waals surface area contributed by atoms with Gasteiger partial charge >= 0.3 is 37.4 Å². The summed E-state index contributed by atoms with van der Waals surface area (Å²) in [5.74, 6) is 0. The summed E-state index contributed by atoms with van der Waals surface area (Å²) in [5.41, 5.74) is -4.90. The molecule has 0 aromatic rings. The van der Waals surface area contributed by atoms with Gasteiger partial charge in [0.25, 0.3) is 8.32 Å². The van der Waals surface area contributed by atoms with Gasteiger partial charge in [0.15, 0.2) is 0 Å². The first kappa shape index (κ1) is 23.4. The van der Waals surface area contributed by atoms with E-state index in [1.807, 2.05) is 0 Å². The Bertz CT molecular complexity index is 420. The molecule has 0 bridgehead atoms. The standard InChI is InChI=1S/C10H25F5O4Si4/c1-20(2,10(14,15)9(11,12)13)17-22(5,6)19-23(7,8)18-21(3,4)16/h16H,1-8H3. The van der Waals surface area contributed by atoms with Crippen LogP contribution < -0.4 is 0 Å². The summed E-state index contributed by atoms with van der Waals surface area (Å²) < 4.78 is 81.6. The number of hydrogen-bond donors (Lipinski definition) is 1. The van der Waals surface area contributed by atoms with Gasteiger partial charge in [-0.25, -0.2) is 0 Å². The fourth-order valence-corrected chi connectivity index (χ4v) is 19.0. The molecule has 4 nitrogen and oxygen atoms in total. The minimum atomic E-state index is -5.67. The van der Waals surface area contributed by atoms with E-state index in [9.17, 15) is 26.7 Å². The zero-order chi connectivity index (χ0) is 19.1. The van der Waals surface area contributed by atoms with E-state index < -0.39 is 45.7 Å². The molecule has 0 radical (unpaired) electrons. The minimum Gasteiger partial charge on any atom is -0.431 e. The van der Waals surface area contributed by atoms with Crippen LogP contribution in [0, 0.1) is 0 Å². The predicted molar refractivity (Wildman–Crippen MR) is 86.4 cm³/mol. The van der Waals surface area contributed by atoms with E-state index in [0.29, 0.717) is 0 Å². The van der Waals surface area contributed by atoms with Gasteiger partial charge in [-0.05, 0) is 52.4 Å². The number of hydrogen-bond acceptors (Lipinski definition) is 4. The highest BCUT2D eigenvalue weighted by molar-refractivity contribution is 6.89. The molecular formula is C10H25F5O4Si4. The number of halogens is 5. The Labute approximate surface area is 137 Å². The molecule has 0 amide bonds. The molecule has 0 heterocycles. The maximum absolute atomic E-state index is 13.7. The highest BCUT2D eigenvalue weighted by Gasteiger charge is 2.69. The molecule has 13 heteroatoms. The first-order chi connectivity index (χ1) is 9.62. The van der Waals surface area contributed by atoms with Crippen molar-refractivity contribution in [1.29, 1.82) is 0 Å². The van der Waals surface area contributed by atoms with Crippen molar-refractivity contribution in [1.82, 2.24) is 0 Å². The van der Waals surface area contributed by atoms with Crippen molar-refractivity contribution in [3.63, 3.8) is 0 Å². The van der Waals surface area contributed by atoms with Crippen LogP contribution in [0.25, 0.3) is 0 Å². The molecule has 23 heavy (non-hydrogen) atoms. The van der Waals surface area contributed by atoms with Gasteiger partial charge in [0.1, 0.15) is 0 Å². The molecule has 1 N–H and O–H groups in total. The first-order valence-electron chi connectivity index (χ1n) is 6.89. The van der Waals surface area contributed by atoms with Crippen LogP contribution in [0.15, 0.2) is 0 Å². The minimum absolute atomic E-state index is 0.818. The van der Waals surface area contributed by atoms with E-state index in [1.54, 1.807) is 13.1 Å². The Morgan fingerprint density at radius 2 is 1.00 bits per heavy atom. The molecule has 0 aromatic carbocycles. The maximum atomic E-state index is 13.7. The summed E-state index contributed by atoms with van der Waals surface area (Å²) in [7, 11) is -13.7. The lowest BCUT2D eigenvalue weighted by Gasteiger charge is -2.42. The van der Waals surface area contributed by atoms with Crippen molar-refractivity contribution in [2.75, 3.05) is 0 Å². The third-order valence-electron chi connectivity index (χ3n) is 2.60. The van der Waals surface area contributed by atoms with Crippen molar-refractivity contribution < 1.29 is 39.1 Å². The van der Waals surface area contributed by atoms with Crippen LogP contribution in [0.4, 0.5) is 22.0 Å². The normalized spacial score (nSPS) is 15.9. The van der Waals surface area contributed by atoms with Crippen LogP contribution in [0.2, 0.25) is 52.4 Å². The van der Waals surface area contributed by atoms with Gasteiger partial charge in [0.05, 0.1) is 0 Å². The molecule has 0 atom stereocenters. The fraction of sp³-hybridized carbons (Fsp3) is 1.00. The molecule has 0 fully saturated rings. The van der Waals surface area contributed by atoms with Crippen LogP contribution in [-0.4, -0.2) is 50.5 Å². The Balaban J connectivity index is 5.26. The summed E-state index contributed by atoms with van der Waals surface area (Å²) >= 11 is 0. The van der Waals surface area contributed by atoms with Crippen molar-refractivity contribution >= 4 is 34.0 Å². The van der Waals surface area contributed by atoms with E-state index in [1.165, 1.54) is 26.2 Å². The molecule has 140 valence electrons. The largest absolute Gasteiger partial charge is 0.451 e. The van der Waals surface area contributed by atoms with E-state index in [4.69, 9.17) is 12.3 Å². The number of alkyl halides is 5. The van der Waals surface area contributed by atoms with E-state index >= 15 is 0 Å². The van der Waals surface area contributed by atoms with Gasteiger partial charge in [0, 0.05) is 0 Å². The first-order valence-corrected chi connectivity index (χ1v) is 18.3. The average molecular weight is 417 g/mol. The molecular weight excluding hydrogens is 391 g/mol. The van der Waals surface area contributed by atoms with Gasteiger partial charge in [-0.1, -0.05) is 0 Å². The molecule has 0 aliphatic rings. The number of rotatable bonds is 7. The van der Waals surface area contributed by atoms with Crippen LogP contribution >= 0.6 is 0 Å². The summed E-state index contributed by atoms with van der Waals surface area (Å²) in [6.07, 6.45) is -5.67. The average Bonchev–Trinajstić information content (AvgIpc) is 2.05. The van der Waals surface area contributed by atoms with Crippen LogP contribution in [0.5, 0.6) is 0 Å². The Morgan fingerprint density at radius 1 is 0.652 bits per heavy atom. The zero-order valence-corrected chi connectivity index (χ0v) is 18.6. The van der Waals surface area contributed by atoms with Crippen LogP contribution in [0.1, 0.15) is 0 Å². The van der Waals surface area contributed by atoms with Crippen molar-refractivity contribution in [3.05, 3.63) is 0 Å². The van der Waals surface area contributed by atoms with E-state index in [-0.39, 0.29) is 0 Å². The molecule has 0 spiro atoms. The zero-order valence-electron chi connectivity index (χ0n) is 14.6. The van der Waals surface area contributed by atoms with Crippen LogP contribution in [0.3, 0.4) is 0 Å². The van der Waals surface area contributed by atoms with E-state index in [2.05, 4.69) is 0 Å². The molecule has 0 aliphatic carbocycles. The van der Waals surface area contributed by atoms with Gasteiger partial charge in [0.2, 0.25) is 0 Å². The third kappa shape index (κ3) is 7.01. The highest BCUT2D eigenvalue weighted by atomic mass is 28.5. The lowest BCUT2D eigenvalue weighted by molar-refractivity contribution is -0.251. The Hall–Kier alpha value is 0.358. The summed E-state index contributed by atoms with van der Waals surface area (Å²) in [6.45, 7) is 10.6. The quantitative estimate of drug-likeness (QED) is 0.502. The third-order valence-corrected chi connectivity index (χ3v) is 16.3. The summed E-state index contributed by atoms with van der Waals surface area (Å²) in [5, 5.41) is 0. The van der Waals surface area contributed by atoms with Crippen molar-refractivity contribution in [3.8, 4) is 0 Å². The SMILES string of the molecule is C[Si](C)(O)O[Si](C)(C)O[Si](C)(C)O[Si](C)(C)C(F)(F)C(F)(F)F. The van der Waals surface area contributed by atoms with Gasteiger partial charge in [-0.3, -0.25) is 0 Å². The van der Waals surface area contributed by atoms with Gasteiger partial charge < -0.3 is 17.1 Å². The van der Waals surface area contributed by atoms with Crippen molar-refractivity contribution in [2.45, 2.75) is 64.1 Å². The Kier molecular flexibility index (Phi) is 6.69. The van der Waals surface area contributed by atoms with Gasteiger partial charge in [-0.15, -0.1) is 0 Å². The second-order valence-corrected chi connectivity index (χ2v) is 21.7.